The van der Waals surface area contributed by atoms with E-state index >= 15 is 0 Å². The van der Waals surface area contributed by atoms with E-state index in [1.165, 1.54) is 50.5 Å². The van der Waals surface area contributed by atoms with Crippen molar-refractivity contribution in [1.82, 2.24) is 10.2 Å². The fourth-order valence-electron chi connectivity index (χ4n) is 2.04. The highest BCUT2D eigenvalue weighted by Crippen LogP contribution is 2.16. The third kappa shape index (κ3) is 4.67. The second-order valence-corrected chi connectivity index (χ2v) is 5.43. The van der Waals surface area contributed by atoms with Crippen molar-refractivity contribution in [3.05, 3.63) is 0 Å². The van der Waals surface area contributed by atoms with Crippen LogP contribution in [0, 0.1) is 5.92 Å². The van der Waals surface area contributed by atoms with E-state index in [1.54, 1.807) is 0 Å². The van der Waals surface area contributed by atoms with Gasteiger partial charge < -0.3 is 10.2 Å². The van der Waals surface area contributed by atoms with Crippen LogP contribution >= 0.6 is 11.8 Å². The summed E-state index contributed by atoms with van der Waals surface area (Å²) in [6.45, 7) is 7.37. The zero-order valence-electron chi connectivity index (χ0n) is 9.59. The van der Waals surface area contributed by atoms with Crippen LogP contribution in [0.1, 0.15) is 19.8 Å². The van der Waals surface area contributed by atoms with Gasteiger partial charge in [0.25, 0.3) is 0 Å². The van der Waals surface area contributed by atoms with Crippen LogP contribution in [-0.4, -0.2) is 49.6 Å². The smallest absolute Gasteiger partial charge is 0.00723 e. The maximum atomic E-state index is 3.28. The zero-order chi connectivity index (χ0) is 10.2. The monoisotopic (exact) mass is 216 g/mol. The van der Waals surface area contributed by atoms with Crippen molar-refractivity contribution in [1.29, 1.82) is 0 Å². The van der Waals surface area contributed by atoms with Gasteiger partial charge in [0.2, 0.25) is 0 Å². The first-order valence-corrected chi connectivity index (χ1v) is 6.97. The van der Waals surface area contributed by atoms with Crippen LogP contribution in [0.4, 0.5) is 0 Å². The van der Waals surface area contributed by atoms with Gasteiger partial charge in [0.05, 0.1) is 0 Å². The molecular weight excluding hydrogens is 192 g/mol. The molecule has 84 valence electrons. The summed E-state index contributed by atoms with van der Waals surface area (Å²) in [6, 6.07) is 0. The van der Waals surface area contributed by atoms with Crippen LogP contribution in [0.25, 0.3) is 0 Å². The van der Waals surface area contributed by atoms with Crippen LogP contribution < -0.4 is 5.32 Å². The lowest BCUT2D eigenvalue weighted by molar-refractivity contribution is 0.193. The van der Waals surface area contributed by atoms with E-state index in [0.29, 0.717) is 0 Å². The molecule has 1 N–H and O–H groups in total. The van der Waals surface area contributed by atoms with E-state index in [-0.39, 0.29) is 0 Å². The lowest BCUT2D eigenvalue weighted by atomic mass is 9.97. The van der Waals surface area contributed by atoms with Crippen molar-refractivity contribution in [2.24, 2.45) is 5.92 Å². The molecule has 0 radical (unpaired) electrons. The molecule has 2 nitrogen and oxygen atoms in total. The van der Waals surface area contributed by atoms with E-state index < -0.39 is 0 Å². The molecule has 0 amide bonds. The standard InChI is InChI=1S/C11H24N2S/c1-3-14-9-8-13-6-4-11(5-7-13)10-12-2/h11-12H,3-10H2,1-2H3. The van der Waals surface area contributed by atoms with Crippen LogP contribution in [0.5, 0.6) is 0 Å². The van der Waals surface area contributed by atoms with Gasteiger partial charge in [0.15, 0.2) is 0 Å². The molecule has 1 fully saturated rings. The maximum absolute atomic E-state index is 3.28. The molecule has 0 unspecified atom stereocenters. The van der Waals surface area contributed by atoms with Gasteiger partial charge in [0.1, 0.15) is 0 Å². The van der Waals surface area contributed by atoms with E-state index in [4.69, 9.17) is 0 Å². The summed E-state index contributed by atoms with van der Waals surface area (Å²) in [6.07, 6.45) is 2.77. The van der Waals surface area contributed by atoms with Gasteiger partial charge in [-0.25, -0.2) is 0 Å². The van der Waals surface area contributed by atoms with Crippen LogP contribution in [0.2, 0.25) is 0 Å². The van der Waals surface area contributed by atoms with Crippen molar-refractivity contribution in [3.8, 4) is 0 Å². The van der Waals surface area contributed by atoms with Crippen molar-refractivity contribution >= 4 is 11.8 Å². The molecule has 3 heteroatoms. The van der Waals surface area contributed by atoms with Crippen molar-refractivity contribution in [3.63, 3.8) is 0 Å². The predicted octanol–water partition coefficient (Wildman–Crippen LogP) is 1.67. The van der Waals surface area contributed by atoms with E-state index in [1.807, 2.05) is 0 Å². The Hall–Kier alpha value is 0.270. The minimum atomic E-state index is 0.926. The summed E-state index contributed by atoms with van der Waals surface area (Å²) in [5.74, 6) is 3.50. The highest BCUT2D eigenvalue weighted by atomic mass is 32.2. The lowest BCUT2D eigenvalue weighted by Gasteiger charge is -2.31. The van der Waals surface area contributed by atoms with Crippen LogP contribution in [0.3, 0.4) is 0 Å². The first-order chi connectivity index (χ1) is 6.86. The van der Waals surface area contributed by atoms with Crippen LogP contribution in [0.15, 0.2) is 0 Å². The molecule has 0 aromatic rings. The Labute approximate surface area is 92.8 Å². The summed E-state index contributed by atoms with van der Waals surface area (Å²) in [5.41, 5.74) is 0. The largest absolute Gasteiger partial charge is 0.319 e. The molecule has 1 heterocycles. The number of hydrogen-bond acceptors (Lipinski definition) is 3. The predicted molar refractivity (Wildman–Crippen MR) is 66.1 cm³/mol. The van der Waals surface area contributed by atoms with Crippen LogP contribution in [-0.2, 0) is 0 Å². The average Bonchev–Trinajstić information content (AvgIpc) is 2.21. The van der Waals surface area contributed by atoms with Gasteiger partial charge >= 0.3 is 0 Å². The third-order valence-electron chi connectivity index (χ3n) is 2.96. The highest BCUT2D eigenvalue weighted by molar-refractivity contribution is 7.99. The van der Waals surface area contributed by atoms with Gasteiger partial charge in [-0.15, -0.1) is 0 Å². The molecule has 1 saturated heterocycles. The molecule has 0 bridgehead atoms. The Morgan fingerprint density at radius 3 is 2.64 bits per heavy atom. The fraction of sp³-hybridized carbons (Fsp3) is 1.00. The molecule has 0 atom stereocenters. The Balaban J connectivity index is 2.03. The van der Waals surface area contributed by atoms with E-state index in [0.717, 1.165) is 5.92 Å². The number of rotatable bonds is 6. The molecule has 0 aliphatic carbocycles. The average molecular weight is 216 g/mol. The quantitative estimate of drug-likeness (QED) is 0.680. The number of nitrogens with one attached hydrogen (secondary N) is 1. The van der Waals surface area contributed by atoms with Crippen molar-refractivity contribution < 1.29 is 0 Å². The Bertz CT molecular complexity index is 133. The fourth-order valence-corrected chi connectivity index (χ4v) is 2.72. The maximum Gasteiger partial charge on any atom is 0.00723 e. The SMILES string of the molecule is CCSCCN1CCC(CNC)CC1. The Morgan fingerprint density at radius 2 is 2.07 bits per heavy atom. The van der Waals surface area contributed by atoms with Crippen molar-refractivity contribution in [2.75, 3.05) is 44.7 Å². The molecule has 1 rings (SSSR count). The second kappa shape index (κ2) is 7.55. The molecule has 0 aromatic carbocycles. The summed E-state index contributed by atoms with van der Waals surface area (Å²) in [5, 5.41) is 3.28. The number of likely N-dealkylation sites (tertiary alicyclic amines) is 1. The number of nitrogens with zero attached hydrogens (tertiary/aromatic N) is 1. The molecule has 14 heavy (non-hydrogen) atoms. The first-order valence-electron chi connectivity index (χ1n) is 5.81. The van der Waals surface area contributed by atoms with Gasteiger partial charge in [-0.2, -0.15) is 11.8 Å². The van der Waals surface area contributed by atoms with Gasteiger partial charge in [-0.1, -0.05) is 6.92 Å². The molecule has 0 saturated carbocycles. The Kier molecular flexibility index (Phi) is 6.65. The van der Waals surface area contributed by atoms with Gasteiger partial charge in [-0.05, 0) is 51.2 Å². The minimum absolute atomic E-state index is 0.926. The van der Waals surface area contributed by atoms with Gasteiger partial charge in [-0.3, -0.25) is 0 Å². The topological polar surface area (TPSA) is 15.3 Å². The summed E-state index contributed by atoms with van der Waals surface area (Å²) >= 11 is 2.06. The number of piperidine rings is 1. The number of hydrogen-bond donors (Lipinski definition) is 1. The molecule has 0 spiro atoms. The molecule has 0 aromatic heterocycles. The van der Waals surface area contributed by atoms with Gasteiger partial charge in [0, 0.05) is 12.3 Å². The van der Waals surface area contributed by atoms with E-state index in [2.05, 4.69) is 35.9 Å². The summed E-state index contributed by atoms with van der Waals surface area (Å²) < 4.78 is 0. The summed E-state index contributed by atoms with van der Waals surface area (Å²) in [4.78, 5) is 2.62. The zero-order valence-corrected chi connectivity index (χ0v) is 10.4. The number of thioether (sulfide) groups is 1. The highest BCUT2D eigenvalue weighted by Gasteiger charge is 2.17. The Morgan fingerprint density at radius 1 is 1.36 bits per heavy atom. The van der Waals surface area contributed by atoms with E-state index in [9.17, 15) is 0 Å². The molecule has 1 aliphatic rings. The summed E-state index contributed by atoms with van der Waals surface area (Å²) in [7, 11) is 2.06. The molecular formula is C11H24N2S. The van der Waals surface area contributed by atoms with Crippen molar-refractivity contribution in [2.45, 2.75) is 19.8 Å². The minimum Gasteiger partial charge on any atom is -0.319 e. The lowest BCUT2D eigenvalue weighted by Crippen LogP contribution is -2.37. The normalized spacial score (nSPS) is 20.1. The molecule has 1 aliphatic heterocycles. The first kappa shape index (κ1) is 12.3. The third-order valence-corrected chi connectivity index (χ3v) is 3.84. The second-order valence-electron chi connectivity index (χ2n) is 4.04.